The number of aromatic nitrogens is 1. The van der Waals surface area contributed by atoms with Crippen LogP contribution in [0.15, 0.2) is 59.6 Å². The van der Waals surface area contributed by atoms with Gasteiger partial charge in [0, 0.05) is 24.1 Å². The van der Waals surface area contributed by atoms with Gasteiger partial charge in [0.15, 0.2) is 11.5 Å². The van der Waals surface area contributed by atoms with Gasteiger partial charge in [0.1, 0.15) is 0 Å². The number of hydrogen-bond donors (Lipinski definition) is 2. The summed E-state index contributed by atoms with van der Waals surface area (Å²) in [5.74, 6) is 0.375. The highest BCUT2D eigenvalue weighted by Gasteiger charge is 2.20. The monoisotopic (exact) mass is 413 g/mol. The van der Waals surface area contributed by atoms with E-state index >= 15 is 0 Å². The third kappa shape index (κ3) is 4.30. The van der Waals surface area contributed by atoms with Crippen LogP contribution in [0.3, 0.4) is 0 Å². The van der Waals surface area contributed by atoms with Crippen molar-refractivity contribution in [2.45, 2.75) is 11.3 Å². The fraction of sp³-hybridized carbons (Fsp3) is 0.200. The van der Waals surface area contributed by atoms with Crippen LogP contribution in [0, 0.1) is 0 Å². The first-order valence-electron chi connectivity index (χ1n) is 9.06. The van der Waals surface area contributed by atoms with Crippen LogP contribution in [0.2, 0.25) is 0 Å². The smallest absolute Gasteiger partial charge is 0.241 e. The zero-order valence-corrected chi connectivity index (χ0v) is 16.2. The number of sulfonamides is 1. The van der Waals surface area contributed by atoms with E-state index in [1.165, 1.54) is 12.1 Å². The second-order valence-corrected chi connectivity index (χ2v) is 8.18. The number of benzene rings is 2. The molecule has 0 aliphatic carbocycles. The van der Waals surface area contributed by atoms with Crippen LogP contribution in [-0.2, 0) is 14.8 Å². The second-order valence-electron chi connectivity index (χ2n) is 6.41. The van der Waals surface area contributed by atoms with Crippen LogP contribution in [0.25, 0.3) is 10.9 Å². The lowest BCUT2D eigenvalue weighted by Gasteiger charge is -2.11. The highest BCUT2D eigenvalue weighted by atomic mass is 32.2. The molecule has 0 radical (unpaired) electrons. The highest BCUT2D eigenvalue weighted by Crippen LogP contribution is 2.31. The number of fused-ring (bicyclic) bond motifs is 2. The van der Waals surface area contributed by atoms with Gasteiger partial charge in [0.05, 0.1) is 35.9 Å². The van der Waals surface area contributed by atoms with Crippen LogP contribution >= 0.6 is 0 Å². The summed E-state index contributed by atoms with van der Waals surface area (Å²) in [7, 11) is -3.90. The third-order valence-corrected chi connectivity index (χ3v) is 5.76. The SMILES string of the molecule is O=C(CNS(=O)(=O)c1ccc2c(c1)OCCCO2)Nc1cccc2cccnc12. The zero-order valence-electron chi connectivity index (χ0n) is 15.4. The number of nitrogens with one attached hydrogen (secondary N) is 2. The molecular formula is C20H19N3O5S. The van der Waals surface area contributed by atoms with Crippen LogP contribution in [0.5, 0.6) is 11.5 Å². The maximum Gasteiger partial charge on any atom is 0.241 e. The van der Waals surface area contributed by atoms with Crippen LogP contribution in [-0.4, -0.2) is 39.1 Å². The van der Waals surface area contributed by atoms with E-state index in [9.17, 15) is 13.2 Å². The van der Waals surface area contributed by atoms with Crippen LogP contribution < -0.4 is 19.5 Å². The Morgan fingerprint density at radius 3 is 2.69 bits per heavy atom. The Morgan fingerprint density at radius 1 is 1.03 bits per heavy atom. The molecule has 0 unspecified atom stereocenters. The Kier molecular flexibility index (Phi) is 5.32. The first kappa shape index (κ1) is 19.2. The fourth-order valence-corrected chi connectivity index (χ4v) is 3.95. The van der Waals surface area contributed by atoms with Crippen molar-refractivity contribution in [3.8, 4) is 11.5 Å². The number of hydrogen-bond acceptors (Lipinski definition) is 6. The number of carbonyl (C=O) groups is 1. The average molecular weight is 413 g/mol. The fourth-order valence-electron chi connectivity index (χ4n) is 2.95. The van der Waals surface area contributed by atoms with E-state index in [-0.39, 0.29) is 4.90 Å². The molecule has 2 N–H and O–H groups in total. The number of carbonyl (C=O) groups excluding carboxylic acids is 1. The molecule has 0 spiro atoms. The number of anilines is 1. The minimum atomic E-state index is -3.90. The molecule has 4 rings (SSSR count). The van der Waals surface area contributed by atoms with Crippen molar-refractivity contribution in [2.75, 3.05) is 25.1 Å². The summed E-state index contributed by atoms with van der Waals surface area (Å²) in [5, 5.41) is 3.57. The molecule has 9 heteroatoms. The molecule has 2 heterocycles. The molecule has 1 aliphatic rings. The molecule has 150 valence electrons. The molecule has 3 aromatic rings. The molecule has 0 saturated heterocycles. The Labute approximate surface area is 167 Å². The standard InChI is InChI=1S/C20H19N3O5S/c24-19(23-16-6-1-4-14-5-2-9-21-20(14)16)13-22-29(25,26)15-7-8-17-18(12-15)28-11-3-10-27-17/h1-2,4-9,12,22H,3,10-11,13H2,(H,23,24). The summed E-state index contributed by atoms with van der Waals surface area (Å²) in [4.78, 5) is 16.6. The predicted octanol–water partition coefficient (Wildman–Crippen LogP) is 2.31. The Bertz CT molecular complexity index is 1160. The quantitative estimate of drug-likeness (QED) is 0.665. The molecule has 8 nitrogen and oxygen atoms in total. The highest BCUT2D eigenvalue weighted by molar-refractivity contribution is 7.89. The summed E-state index contributed by atoms with van der Waals surface area (Å²) in [5.41, 5.74) is 1.15. The van der Waals surface area contributed by atoms with Gasteiger partial charge >= 0.3 is 0 Å². The van der Waals surface area contributed by atoms with E-state index < -0.39 is 22.5 Å². The van der Waals surface area contributed by atoms with E-state index in [1.54, 1.807) is 30.5 Å². The van der Waals surface area contributed by atoms with Gasteiger partial charge in [-0.25, -0.2) is 13.1 Å². The van der Waals surface area contributed by atoms with Gasteiger partial charge in [-0.2, -0.15) is 0 Å². The molecule has 1 aliphatic heterocycles. The minimum Gasteiger partial charge on any atom is -0.490 e. The summed E-state index contributed by atoms with van der Waals surface area (Å²) in [6, 6.07) is 13.4. The first-order valence-corrected chi connectivity index (χ1v) is 10.5. The van der Waals surface area contributed by atoms with Crippen molar-refractivity contribution < 1.29 is 22.7 Å². The lowest BCUT2D eigenvalue weighted by Crippen LogP contribution is -2.33. The molecule has 0 atom stereocenters. The van der Waals surface area contributed by atoms with Crippen molar-refractivity contribution >= 4 is 32.5 Å². The lowest BCUT2D eigenvalue weighted by molar-refractivity contribution is -0.115. The van der Waals surface area contributed by atoms with Gasteiger partial charge in [0.2, 0.25) is 15.9 Å². The van der Waals surface area contributed by atoms with Gasteiger partial charge in [-0.1, -0.05) is 18.2 Å². The van der Waals surface area contributed by atoms with Crippen molar-refractivity contribution in [2.24, 2.45) is 0 Å². The molecule has 0 fully saturated rings. The molecular weight excluding hydrogens is 394 g/mol. The van der Waals surface area contributed by atoms with E-state index in [4.69, 9.17) is 9.47 Å². The number of para-hydroxylation sites is 1. The Morgan fingerprint density at radius 2 is 1.83 bits per heavy atom. The van der Waals surface area contributed by atoms with E-state index in [0.717, 1.165) is 11.8 Å². The summed E-state index contributed by atoms with van der Waals surface area (Å²) in [6.45, 7) is 0.548. The zero-order chi connectivity index (χ0) is 20.3. The Hall–Kier alpha value is -3.17. The number of nitrogens with zero attached hydrogens (tertiary/aromatic N) is 1. The predicted molar refractivity (Wildman–Crippen MR) is 108 cm³/mol. The lowest BCUT2D eigenvalue weighted by atomic mass is 10.2. The summed E-state index contributed by atoms with van der Waals surface area (Å²) >= 11 is 0. The number of rotatable bonds is 5. The minimum absolute atomic E-state index is 0.00128. The first-order chi connectivity index (χ1) is 14.0. The van der Waals surface area contributed by atoms with Gasteiger partial charge in [-0.05, 0) is 24.3 Å². The number of pyridine rings is 1. The number of amides is 1. The normalized spacial score (nSPS) is 13.7. The molecule has 0 saturated carbocycles. The number of ether oxygens (including phenoxy) is 2. The molecule has 1 amide bonds. The van der Waals surface area contributed by atoms with Crippen molar-refractivity contribution in [1.29, 1.82) is 0 Å². The largest absolute Gasteiger partial charge is 0.490 e. The van der Waals surface area contributed by atoms with Crippen molar-refractivity contribution in [3.05, 3.63) is 54.7 Å². The molecule has 29 heavy (non-hydrogen) atoms. The van der Waals surface area contributed by atoms with E-state index in [0.29, 0.717) is 35.9 Å². The maximum absolute atomic E-state index is 12.6. The van der Waals surface area contributed by atoms with Crippen LogP contribution in [0.4, 0.5) is 5.69 Å². The third-order valence-electron chi connectivity index (χ3n) is 4.36. The van der Waals surface area contributed by atoms with Crippen LogP contribution in [0.1, 0.15) is 6.42 Å². The summed E-state index contributed by atoms with van der Waals surface area (Å²) < 4.78 is 38.5. The maximum atomic E-state index is 12.6. The second kappa shape index (κ2) is 8.06. The topological polar surface area (TPSA) is 107 Å². The van der Waals surface area contributed by atoms with Gasteiger partial charge in [0.25, 0.3) is 0 Å². The van der Waals surface area contributed by atoms with Gasteiger partial charge in [-0.3, -0.25) is 9.78 Å². The average Bonchev–Trinajstić information content (AvgIpc) is 2.97. The van der Waals surface area contributed by atoms with Crippen molar-refractivity contribution in [3.63, 3.8) is 0 Å². The Balaban J connectivity index is 1.45. The van der Waals surface area contributed by atoms with Gasteiger partial charge in [-0.15, -0.1) is 0 Å². The molecule has 0 bridgehead atoms. The van der Waals surface area contributed by atoms with E-state index in [2.05, 4.69) is 15.0 Å². The molecule has 2 aromatic carbocycles. The van der Waals surface area contributed by atoms with E-state index in [1.807, 2.05) is 12.1 Å². The van der Waals surface area contributed by atoms with Crippen molar-refractivity contribution in [1.82, 2.24) is 9.71 Å². The molecule has 1 aromatic heterocycles. The van der Waals surface area contributed by atoms with Gasteiger partial charge < -0.3 is 14.8 Å². The summed E-state index contributed by atoms with van der Waals surface area (Å²) in [6.07, 6.45) is 2.35.